The van der Waals surface area contributed by atoms with E-state index in [9.17, 15) is 0 Å². The van der Waals surface area contributed by atoms with E-state index in [0.717, 1.165) is 11.7 Å². The highest BCUT2D eigenvalue weighted by Crippen LogP contribution is 2.31. The van der Waals surface area contributed by atoms with Crippen LogP contribution in [0, 0.1) is 6.92 Å². The second kappa shape index (κ2) is 3.86. The molecular formula is C11H16N2. The Hall–Kier alpha value is -0.920. The zero-order valence-electron chi connectivity index (χ0n) is 8.16. The van der Waals surface area contributed by atoms with Gasteiger partial charge in [0.05, 0.1) is 0 Å². The van der Waals surface area contributed by atoms with Gasteiger partial charge in [0.25, 0.3) is 0 Å². The van der Waals surface area contributed by atoms with Gasteiger partial charge in [0.15, 0.2) is 0 Å². The molecule has 1 aliphatic rings. The number of nitrogens with zero attached hydrogens (tertiary/aromatic N) is 2. The molecule has 0 spiro atoms. The minimum absolute atomic E-state index is 0.731. The minimum Gasteiger partial charge on any atom is -0.241 e. The number of rotatable bonds is 1. The molecule has 1 aromatic rings. The Morgan fingerprint density at radius 2 is 1.69 bits per heavy atom. The normalized spacial score (nSPS) is 18.8. The molecule has 0 aromatic carbocycles. The number of hydrogen-bond acceptors (Lipinski definition) is 2. The first kappa shape index (κ1) is 8.67. The molecular weight excluding hydrogens is 160 g/mol. The summed E-state index contributed by atoms with van der Waals surface area (Å²) < 4.78 is 0. The van der Waals surface area contributed by atoms with Crippen LogP contribution in [0.5, 0.6) is 0 Å². The molecule has 2 rings (SSSR count). The predicted octanol–water partition coefficient (Wildman–Crippen LogP) is 2.83. The highest BCUT2D eigenvalue weighted by atomic mass is 14.8. The largest absolute Gasteiger partial charge is 0.241 e. The SMILES string of the molecule is Cc1ncc(C2CCCCC2)cn1. The molecule has 1 fully saturated rings. The maximum absolute atomic E-state index is 4.24. The quantitative estimate of drug-likeness (QED) is 0.657. The third-order valence-corrected chi connectivity index (χ3v) is 2.88. The maximum Gasteiger partial charge on any atom is 0.125 e. The van der Waals surface area contributed by atoms with Gasteiger partial charge >= 0.3 is 0 Å². The Morgan fingerprint density at radius 1 is 1.08 bits per heavy atom. The highest BCUT2D eigenvalue weighted by molar-refractivity contribution is 5.12. The summed E-state index contributed by atoms with van der Waals surface area (Å²) >= 11 is 0. The van der Waals surface area contributed by atoms with Gasteiger partial charge in [-0.15, -0.1) is 0 Å². The van der Waals surface area contributed by atoms with Gasteiger partial charge in [0, 0.05) is 12.4 Å². The second-order valence-corrected chi connectivity index (χ2v) is 3.90. The van der Waals surface area contributed by atoms with Crippen molar-refractivity contribution in [2.75, 3.05) is 0 Å². The van der Waals surface area contributed by atoms with E-state index in [4.69, 9.17) is 0 Å². The van der Waals surface area contributed by atoms with E-state index < -0.39 is 0 Å². The van der Waals surface area contributed by atoms with Crippen LogP contribution in [-0.2, 0) is 0 Å². The van der Waals surface area contributed by atoms with Crippen LogP contribution in [0.1, 0.15) is 49.4 Å². The lowest BCUT2D eigenvalue weighted by atomic mass is 9.85. The molecule has 0 aliphatic heterocycles. The van der Waals surface area contributed by atoms with Crippen molar-refractivity contribution in [1.82, 2.24) is 9.97 Å². The highest BCUT2D eigenvalue weighted by Gasteiger charge is 2.15. The van der Waals surface area contributed by atoms with Crippen molar-refractivity contribution >= 4 is 0 Å². The molecule has 0 unspecified atom stereocenters. The maximum atomic E-state index is 4.24. The van der Waals surface area contributed by atoms with Gasteiger partial charge in [-0.1, -0.05) is 19.3 Å². The van der Waals surface area contributed by atoms with E-state index >= 15 is 0 Å². The van der Waals surface area contributed by atoms with Crippen molar-refractivity contribution in [3.63, 3.8) is 0 Å². The van der Waals surface area contributed by atoms with Crippen molar-refractivity contribution in [3.8, 4) is 0 Å². The third kappa shape index (κ3) is 2.06. The topological polar surface area (TPSA) is 25.8 Å². The minimum atomic E-state index is 0.731. The molecule has 1 saturated carbocycles. The fourth-order valence-corrected chi connectivity index (χ4v) is 2.05. The fraction of sp³-hybridized carbons (Fsp3) is 0.636. The molecule has 2 nitrogen and oxygen atoms in total. The summed E-state index contributed by atoms with van der Waals surface area (Å²) in [4.78, 5) is 8.49. The average Bonchev–Trinajstić information content (AvgIpc) is 2.20. The van der Waals surface area contributed by atoms with E-state index in [1.165, 1.54) is 37.7 Å². The van der Waals surface area contributed by atoms with Gasteiger partial charge in [0.1, 0.15) is 5.82 Å². The van der Waals surface area contributed by atoms with Gasteiger partial charge in [-0.05, 0) is 31.2 Å². The fourth-order valence-electron chi connectivity index (χ4n) is 2.05. The summed E-state index contributed by atoms with van der Waals surface area (Å²) in [6.45, 7) is 1.94. The van der Waals surface area contributed by atoms with Crippen molar-refractivity contribution in [2.45, 2.75) is 44.9 Å². The summed E-state index contributed by atoms with van der Waals surface area (Å²) in [7, 11) is 0. The summed E-state index contributed by atoms with van der Waals surface area (Å²) in [6, 6.07) is 0. The van der Waals surface area contributed by atoms with Crippen LogP contribution >= 0.6 is 0 Å². The van der Waals surface area contributed by atoms with Crippen LogP contribution in [0.25, 0.3) is 0 Å². The average molecular weight is 176 g/mol. The van der Waals surface area contributed by atoms with Gasteiger partial charge < -0.3 is 0 Å². The second-order valence-electron chi connectivity index (χ2n) is 3.90. The first-order valence-electron chi connectivity index (χ1n) is 5.15. The van der Waals surface area contributed by atoms with E-state index in [2.05, 4.69) is 9.97 Å². The lowest BCUT2D eigenvalue weighted by molar-refractivity contribution is 0.442. The monoisotopic (exact) mass is 176 g/mol. The lowest BCUT2D eigenvalue weighted by Crippen LogP contribution is -2.05. The lowest BCUT2D eigenvalue weighted by Gasteiger charge is -2.21. The van der Waals surface area contributed by atoms with Crippen LogP contribution in [0.2, 0.25) is 0 Å². The summed E-state index contributed by atoms with van der Waals surface area (Å²) in [6.07, 6.45) is 10.8. The number of aromatic nitrogens is 2. The molecule has 1 aromatic heterocycles. The van der Waals surface area contributed by atoms with Gasteiger partial charge in [-0.2, -0.15) is 0 Å². The Bertz CT molecular complexity index is 260. The van der Waals surface area contributed by atoms with Gasteiger partial charge in [0.2, 0.25) is 0 Å². The first-order valence-corrected chi connectivity index (χ1v) is 5.15. The zero-order valence-corrected chi connectivity index (χ0v) is 8.16. The summed E-state index contributed by atoms with van der Waals surface area (Å²) in [5.74, 6) is 1.61. The van der Waals surface area contributed by atoms with E-state index in [-0.39, 0.29) is 0 Å². The standard InChI is InChI=1S/C11H16N2/c1-9-12-7-11(8-13-9)10-5-3-2-4-6-10/h7-8,10H,2-6H2,1H3. The molecule has 1 aliphatic carbocycles. The van der Waals surface area contributed by atoms with E-state index in [1.54, 1.807) is 0 Å². The summed E-state index contributed by atoms with van der Waals surface area (Å²) in [5.41, 5.74) is 1.34. The van der Waals surface area contributed by atoms with Crippen molar-refractivity contribution < 1.29 is 0 Å². The van der Waals surface area contributed by atoms with Crippen molar-refractivity contribution in [1.29, 1.82) is 0 Å². The van der Waals surface area contributed by atoms with Crippen LogP contribution < -0.4 is 0 Å². The Morgan fingerprint density at radius 3 is 2.31 bits per heavy atom. The molecule has 13 heavy (non-hydrogen) atoms. The van der Waals surface area contributed by atoms with E-state index in [1.807, 2.05) is 19.3 Å². The van der Waals surface area contributed by atoms with Gasteiger partial charge in [-0.3, -0.25) is 0 Å². The molecule has 2 heteroatoms. The number of aryl methyl sites for hydroxylation is 1. The van der Waals surface area contributed by atoms with Crippen LogP contribution in [0.4, 0.5) is 0 Å². The Balaban J connectivity index is 2.10. The Labute approximate surface area is 79.4 Å². The third-order valence-electron chi connectivity index (χ3n) is 2.88. The molecule has 0 amide bonds. The Kier molecular flexibility index (Phi) is 2.57. The molecule has 0 radical (unpaired) electrons. The molecule has 0 bridgehead atoms. The van der Waals surface area contributed by atoms with Crippen LogP contribution in [0.15, 0.2) is 12.4 Å². The van der Waals surface area contributed by atoms with Gasteiger partial charge in [-0.25, -0.2) is 9.97 Å². The van der Waals surface area contributed by atoms with Crippen molar-refractivity contribution in [3.05, 3.63) is 23.8 Å². The predicted molar refractivity (Wildman–Crippen MR) is 52.6 cm³/mol. The van der Waals surface area contributed by atoms with Crippen LogP contribution in [0.3, 0.4) is 0 Å². The van der Waals surface area contributed by atoms with Crippen molar-refractivity contribution in [2.24, 2.45) is 0 Å². The zero-order chi connectivity index (χ0) is 9.10. The summed E-state index contributed by atoms with van der Waals surface area (Å²) in [5, 5.41) is 0. The first-order chi connectivity index (χ1) is 6.36. The molecule has 70 valence electrons. The molecule has 0 saturated heterocycles. The van der Waals surface area contributed by atoms with Crippen LogP contribution in [-0.4, -0.2) is 9.97 Å². The smallest absolute Gasteiger partial charge is 0.125 e. The molecule has 1 heterocycles. The molecule has 0 atom stereocenters. The molecule has 0 N–H and O–H groups in total. The number of hydrogen-bond donors (Lipinski definition) is 0. The van der Waals surface area contributed by atoms with E-state index in [0.29, 0.717) is 0 Å².